The molecular formula is C10H20N4. The molecule has 2 aliphatic rings. The minimum atomic E-state index is 0.495. The number of rotatable bonds is 2. The first kappa shape index (κ1) is 9.77. The number of hydrazine groups is 1. The first-order valence-corrected chi connectivity index (χ1v) is 5.60. The van der Waals surface area contributed by atoms with Crippen LogP contribution in [-0.4, -0.2) is 18.0 Å². The van der Waals surface area contributed by atoms with E-state index in [1.807, 2.05) is 0 Å². The summed E-state index contributed by atoms with van der Waals surface area (Å²) in [7, 11) is 0. The Hall–Kier alpha value is -0.770. The van der Waals surface area contributed by atoms with Gasteiger partial charge in [-0.3, -0.25) is 5.43 Å². The smallest absolute Gasteiger partial charge is 0.206 e. The van der Waals surface area contributed by atoms with E-state index in [4.69, 9.17) is 5.84 Å². The van der Waals surface area contributed by atoms with Crippen LogP contribution in [0, 0.1) is 5.92 Å². The number of guanidine groups is 1. The van der Waals surface area contributed by atoms with Crippen LogP contribution < -0.4 is 16.6 Å². The summed E-state index contributed by atoms with van der Waals surface area (Å²) in [5, 5.41) is 3.37. The lowest BCUT2D eigenvalue weighted by molar-refractivity contribution is 0.613. The van der Waals surface area contributed by atoms with Gasteiger partial charge < -0.3 is 5.32 Å². The van der Waals surface area contributed by atoms with Gasteiger partial charge in [0.15, 0.2) is 0 Å². The van der Waals surface area contributed by atoms with Crippen molar-refractivity contribution in [2.75, 3.05) is 0 Å². The molecule has 2 unspecified atom stereocenters. The van der Waals surface area contributed by atoms with Crippen LogP contribution in [0.15, 0.2) is 4.99 Å². The Morgan fingerprint density at radius 1 is 1.36 bits per heavy atom. The maximum absolute atomic E-state index is 5.43. The molecule has 0 bridgehead atoms. The van der Waals surface area contributed by atoms with Crippen molar-refractivity contribution in [3.8, 4) is 0 Å². The van der Waals surface area contributed by atoms with E-state index < -0.39 is 0 Å². The first-order valence-electron chi connectivity index (χ1n) is 5.60. The van der Waals surface area contributed by atoms with E-state index in [1.54, 1.807) is 0 Å². The van der Waals surface area contributed by atoms with E-state index in [9.17, 15) is 0 Å². The third kappa shape index (κ3) is 2.38. The molecule has 2 atom stereocenters. The Balaban J connectivity index is 1.82. The molecule has 2 aliphatic carbocycles. The van der Waals surface area contributed by atoms with Gasteiger partial charge in [-0.2, -0.15) is 0 Å². The summed E-state index contributed by atoms with van der Waals surface area (Å²) in [6.07, 6.45) is 6.37. The lowest BCUT2D eigenvalue weighted by Crippen LogP contribution is -2.45. The van der Waals surface area contributed by atoms with Crippen LogP contribution in [0.25, 0.3) is 0 Å². The maximum Gasteiger partial charge on any atom is 0.206 e. The molecule has 0 aromatic carbocycles. The van der Waals surface area contributed by atoms with Gasteiger partial charge >= 0.3 is 0 Å². The predicted octanol–water partition coefficient (Wildman–Crippen LogP) is 0.746. The van der Waals surface area contributed by atoms with Gasteiger partial charge in [0.05, 0.1) is 6.04 Å². The Morgan fingerprint density at radius 3 is 2.50 bits per heavy atom. The summed E-state index contributed by atoms with van der Waals surface area (Å²) >= 11 is 0. The highest BCUT2D eigenvalue weighted by molar-refractivity contribution is 5.79. The monoisotopic (exact) mass is 196 g/mol. The second kappa shape index (κ2) is 4.17. The van der Waals surface area contributed by atoms with Crippen molar-refractivity contribution in [2.45, 2.75) is 51.1 Å². The average Bonchev–Trinajstić information content (AvgIpc) is 2.69. The molecule has 0 aliphatic heterocycles. The molecule has 0 saturated heterocycles. The quantitative estimate of drug-likeness (QED) is 0.264. The highest BCUT2D eigenvalue weighted by Gasteiger charge is 2.32. The number of nitrogens with zero attached hydrogens (tertiary/aromatic N) is 1. The highest BCUT2D eigenvalue weighted by atomic mass is 15.3. The number of hydrogen-bond donors (Lipinski definition) is 3. The van der Waals surface area contributed by atoms with Crippen LogP contribution in [-0.2, 0) is 0 Å². The lowest BCUT2D eigenvalue weighted by atomic mass is 10.2. The molecule has 2 rings (SSSR count). The van der Waals surface area contributed by atoms with Crippen LogP contribution in [0.4, 0.5) is 0 Å². The molecule has 0 aromatic rings. The molecule has 0 radical (unpaired) electrons. The number of hydrogen-bond acceptors (Lipinski definition) is 2. The Labute approximate surface area is 85.3 Å². The minimum absolute atomic E-state index is 0.495. The second-order valence-corrected chi connectivity index (χ2v) is 4.53. The average molecular weight is 196 g/mol. The standard InChI is InChI=1S/C10H20N4/c1-7-6-9(7)13-10(14-11)12-8-4-2-3-5-8/h7-9H,2-6,11H2,1H3,(H2,12,13,14). The molecule has 4 nitrogen and oxygen atoms in total. The fourth-order valence-electron chi connectivity index (χ4n) is 2.03. The third-order valence-corrected chi connectivity index (χ3v) is 3.19. The molecular weight excluding hydrogens is 176 g/mol. The Bertz CT molecular complexity index is 220. The van der Waals surface area contributed by atoms with Crippen molar-refractivity contribution in [3.05, 3.63) is 0 Å². The normalized spacial score (nSPS) is 33.1. The van der Waals surface area contributed by atoms with Gasteiger partial charge in [-0.25, -0.2) is 10.8 Å². The molecule has 0 spiro atoms. The zero-order valence-electron chi connectivity index (χ0n) is 8.79. The molecule has 0 amide bonds. The SMILES string of the molecule is CC1CC1N=C(NN)NC1CCCC1. The maximum atomic E-state index is 5.43. The highest BCUT2D eigenvalue weighted by Crippen LogP contribution is 2.32. The summed E-state index contributed by atoms with van der Waals surface area (Å²) < 4.78 is 0. The van der Waals surface area contributed by atoms with Crippen LogP contribution in [0.3, 0.4) is 0 Å². The van der Waals surface area contributed by atoms with Crippen LogP contribution >= 0.6 is 0 Å². The van der Waals surface area contributed by atoms with E-state index in [1.165, 1.54) is 32.1 Å². The number of aliphatic imine (C=N–C) groups is 1. The van der Waals surface area contributed by atoms with Gasteiger partial charge in [-0.05, 0) is 25.2 Å². The zero-order chi connectivity index (χ0) is 9.97. The molecule has 2 fully saturated rings. The summed E-state index contributed by atoms with van der Waals surface area (Å²) in [6, 6.07) is 1.08. The summed E-state index contributed by atoms with van der Waals surface area (Å²) in [4.78, 5) is 4.52. The predicted molar refractivity (Wildman–Crippen MR) is 57.7 cm³/mol. The fourth-order valence-corrected chi connectivity index (χ4v) is 2.03. The van der Waals surface area contributed by atoms with Crippen molar-refractivity contribution < 1.29 is 0 Å². The molecule has 0 heterocycles. The molecule has 80 valence electrons. The molecule has 4 N–H and O–H groups in total. The first-order chi connectivity index (χ1) is 6.79. The molecule has 14 heavy (non-hydrogen) atoms. The molecule has 2 saturated carbocycles. The van der Waals surface area contributed by atoms with E-state index in [0.717, 1.165) is 11.9 Å². The summed E-state index contributed by atoms with van der Waals surface area (Å²) in [5.74, 6) is 6.95. The lowest BCUT2D eigenvalue weighted by Gasteiger charge is -2.14. The second-order valence-electron chi connectivity index (χ2n) is 4.53. The number of nitrogens with one attached hydrogen (secondary N) is 2. The summed E-state index contributed by atoms with van der Waals surface area (Å²) in [6.45, 7) is 2.22. The van der Waals surface area contributed by atoms with Crippen LogP contribution in [0.1, 0.15) is 39.0 Å². The van der Waals surface area contributed by atoms with Gasteiger partial charge in [0, 0.05) is 6.04 Å². The summed E-state index contributed by atoms with van der Waals surface area (Å²) in [5.41, 5.74) is 2.66. The van der Waals surface area contributed by atoms with Crippen molar-refractivity contribution in [1.29, 1.82) is 0 Å². The van der Waals surface area contributed by atoms with Gasteiger partial charge in [0.25, 0.3) is 0 Å². The van der Waals surface area contributed by atoms with E-state index in [0.29, 0.717) is 12.1 Å². The fraction of sp³-hybridized carbons (Fsp3) is 0.900. The van der Waals surface area contributed by atoms with Gasteiger partial charge in [-0.1, -0.05) is 19.8 Å². The largest absolute Gasteiger partial charge is 0.353 e. The van der Waals surface area contributed by atoms with Gasteiger partial charge in [0.1, 0.15) is 0 Å². The van der Waals surface area contributed by atoms with Crippen LogP contribution in [0.5, 0.6) is 0 Å². The minimum Gasteiger partial charge on any atom is -0.353 e. The van der Waals surface area contributed by atoms with Crippen LogP contribution in [0.2, 0.25) is 0 Å². The third-order valence-electron chi connectivity index (χ3n) is 3.19. The van der Waals surface area contributed by atoms with Crippen molar-refractivity contribution in [2.24, 2.45) is 16.8 Å². The topological polar surface area (TPSA) is 62.4 Å². The van der Waals surface area contributed by atoms with Crippen molar-refractivity contribution in [3.63, 3.8) is 0 Å². The molecule has 4 heteroatoms. The Morgan fingerprint density at radius 2 is 2.00 bits per heavy atom. The Kier molecular flexibility index (Phi) is 2.91. The van der Waals surface area contributed by atoms with Gasteiger partial charge in [0.2, 0.25) is 5.96 Å². The van der Waals surface area contributed by atoms with E-state index >= 15 is 0 Å². The zero-order valence-corrected chi connectivity index (χ0v) is 8.79. The van der Waals surface area contributed by atoms with Crippen molar-refractivity contribution in [1.82, 2.24) is 10.7 Å². The van der Waals surface area contributed by atoms with E-state index in [-0.39, 0.29) is 0 Å². The van der Waals surface area contributed by atoms with Gasteiger partial charge in [-0.15, -0.1) is 0 Å². The molecule has 0 aromatic heterocycles. The number of nitrogens with two attached hydrogens (primary N) is 1. The van der Waals surface area contributed by atoms with E-state index in [2.05, 4.69) is 22.7 Å². The van der Waals surface area contributed by atoms with Crippen molar-refractivity contribution >= 4 is 5.96 Å².